The predicted octanol–water partition coefficient (Wildman–Crippen LogP) is 3.43. The zero-order valence-electron chi connectivity index (χ0n) is 15.8. The minimum absolute atomic E-state index is 0.0988. The van der Waals surface area contributed by atoms with Gasteiger partial charge in [0.05, 0.1) is 10.5 Å². The van der Waals surface area contributed by atoms with E-state index in [9.17, 15) is 26.4 Å². The van der Waals surface area contributed by atoms with Gasteiger partial charge in [0.2, 0.25) is 10.0 Å². The highest BCUT2D eigenvalue weighted by atomic mass is 32.2. The Morgan fingerprint density at radius 2 is 1.68 bits per heavy atom. The summed E-state index contributed by atoms with van der Waals surface area (Å²) >= 11 is 0. The fourth-order valence-corrected chi connectivity index (χ4v) is 3.12. The van der Waals surface area contributed by atoms with Crippen LogP contribution in [-0.4, -0.2) is 25.9 Å². The number of nitrogens with two attached hydrogens (primary N) is 1. The van der Waals surface area contributed by atoms with Crippen LogP contribution in [-0.2, 0) is 21.0 Å². The quantitative estimate of drug-likeness (QED) is 0.597. The van der Waals surface area contributed by atoms with Gasteiger partial charge in [-0.15, -0.1) is 0 Å². The molecule has 0 aliphatic rings. The van der Waals surface area contributed by atoms with Crippen LogP contribution in [0.5, 0.6) is 5.75 Å². The smallest absolute Gasteiger partial charge is 0.416 e. The zero-order chi connectivity index (χ0) is 22.6. The molecular formula is C20H16F3N3O4S. The SMILES string of the molecule is NS(=O)(=O)c1ccc(NC(=O)COc2cccnc2-c2ccc(C(F)(F)F)cc2)cc1. The number of carbonyl (C=O) groups is 1. The van der Waals surface area contributed by atoms with E-state index in [4.69, 9.17) is 9.88 Å². The molecule has 0 saturated carbocycles. The van der Waals surface area contributed by atoms with Gasteiger partial charge in [0.1, 0.15) is 11.4 Å². The lowest BCUT2D eigenvalue weighted by Crippen LogP contribution is -2.20. The highest BCUT2D eigenvalue weighted by Crippen LogP contribution is 2.32. The fourth-order valence-electron chi connectivity index (χ4n) is 2.61. The standard InChI is InChI=1S/C20H16F3N3O4S/c21-20(22,23)14-5-3-13(4-6-14)19-17(2-1-11-25-19)30-12-18(27)26-15-7-9-16(10-8-15)31(24,28)29/h1-11H,12H2,(H,26,27)(H2,24,28,29). The van der Waals surface area contributed by atoms with E-state index in [1.807, 2.05) is 0 Å². The van der Waals surface area contributed by atoms with Crippen molar-refractivity contribution in [3.05, 3.63) is 72.4 Å². The number of sulfonamides is 1. The summed E-state index contributed by atoms with van der Waals surface area (Å²) in [5.41, 5.74) is 0.210. The molecule has 1 amide bonds. The van der Waals surface area contributed by atoms with Crippen molar-refractivity contribution in [1.29, 1.82) is 0 Å². The molecule has 2 aromatic carbocycles. The third-order valence-corrected chi connectivity index (χ3v) is 5.01. The molecule has 3 rings (SSSR count). The van der Waals surface area contributed by atoms with Crippen molar-refractivity contribution in [1.82, 2.24) is 4.98 Å². The Kier molecular flexibility index (Phi) is 6.27. The van der Waals surface area contributed by atoms with E-state index in [-0.39, 0.29) is 16.3 Å². The van der Waals surface area contributed by atoms with E-state index < -0.39 is 34.3 Å². The summed E-state index contributed by atoms with van der Waals surface area (Å²) in [5.74, 6) is -0.326. The molecule has 0 bridgehead atoms. The number of hydrogen-bond acceptors (Lipinski definition) is 5. The number of aromatic nitrogens is 1. The van der Waals surface area contributed by atoms with Crippen molar-refractivity contribution in [2.45, 2.75) is 11.1 Å². The van der Waals surface area contributed by atoms with Gasteiger partial charge < -0.3 is 10.1 Å². The summed E-state index contributed by atoms with van der Waals surface area (Å²) < 4.78 is 66.2. The first-order chi connectivity index (χ1) is 14.5. The lowest BCUT2D eigenvalue weighted by molar-refractivity contribution is -0.137. The molecule has 31 heavy (non-hydrogen) atoms. The Labute approximate surface area is 175 Å². The van der Waals surface area contributed by atoms with Gasteiger partial charge in [-0.1, -0.05) is 12.1 Å². The van der Waals surface area contributed by atoms with Crippen LogP contribution in [0.25, 0.3) is 11.3 Å². The summed E-state index contributed by atoms with van der Waals surface area (Å²) in [5, 5.41) is 7.54. The molecule has 0 aliphatic carbocycles. The molecule has 0 atom stereocenters. The van der Waals surface area contributed by atoms with Gasteiger partial charge in [-0.05, 0) is 48.5 Å². The monoisotopic (exact) mass is 451 g/mol. The molecule has 7 nitrogen and oxygen atoms in total. The number of benzene rings is 2. The molecule has 11 heteroatoms. The maximum absolute atomic E-state index is 12.7. The molecular weight excluding hydrogens is 435 g/mol. The number of pyridine rings is 1. The van der Waals surface area contributed by atoms with Gasteiger partial charge >= 0.3 is 6.18 Å². The number of amides is 1. The molecule has 0 fully saturated rings. The summed E-state index contributed by atoms with van der Waals surface area (Å²) in [6, 6.07) is 12.7. The number of ether oxygens (including phenoxy) is 1. The van der Waals surface area contributed by atoms with Crippen molar-refractivity contribution in [2.24, 2.45) is 5.14 Å². The second kappa shape index (κ2) is 8.74. The molecule has 3 aromatic rings. The molecule has 1 heterocycles. The summed E-state index contributed by atoms with van der Waals surface area (Å²) in [6.07, 6.45) is -3.00. The maximum atomic E-state index is 12.7. The fraction of sp³-hybridized carbons (Fsp3) is 0.100. The van der Waals surface area contributed by atoms with Crippen LogP contribution in [0.4, 0.5) is 18.9 Å². The van der Waals surface area contributed by atoms with E-state index in [0.29, 0.717) is 11.3 Å². The van der Waals surface area contributed by atoms with Crippen LogP contribution in [0, 0.1) is 0 Å². The van der Waals surface area contributed by atoms with Crippen LogP contribution >= 0.6 is 0 Å². The average Bonchev–Trinajstić information content (AvgIpc) is 2.72. The maximum Gasteiger partial charge on any atom is 0.416 e. The third-order valence-electron chi connectivity index (χ3n) is 4.08. The first-order valence-corrected chi connectivity index (χ1v) is 10.3. The van der Waals surface area contributed by atoms with Gasteiger partial charge in [-0.25, -0.2) is 13.6 Å². The average molecular weight is 451 g/mol. The van der Waals surface area contributed by atoms with E-state index >= 15 is 0 Å². The van der Waals surface area contributed by atoms with Crippen LogP contribution in [0.3, 0.4) is 0 Å². The van der Waals surface area contributed by atoms with Gasteiger partial charge in [0.15, 0.2) is 6.61 Å². The van der Waals surface area contributed by atoms with Gasteiger partial charge in [0.25, 0.3) is 5.91 Å². The number of nitrogens with one attached hydrogen (secondary N) is 1. The number of hydrogen-bond donors (Lipinski definition) is 2. The lowest BCUT2D eigenvalue weighted by Gasteiger charge is -2.12. The molecule has 0 unspecified atom stereocenters. The molecule has 0 aliphatic heterocycles. The van der Waals surface area contributed by atoms with Crippen LogP contribution in [0.1, 0.15) is 5.56 Å². The highest BCUT2D eigenvalue weighted by Gasteiger charge is 2.30. The van der Waals surface area contributed by atoms with Crippen LogP contribution in [0.15, 0.2) is 71.8 Å². The summed E-state index contributed by atoms with van der Waals surface area (Å²) in [7, 11) is -3.84. The van der Waals surface area contributed by atoms with Gasteiger partial charge in [-0.3, -0.25) is 9.78 Å². The largest absolute Gasteiger partial charge is 0.481 e. The molecule has 3 N–H and O–H groups in total. The predicted molar refractivity (Wildman–Crippen MR) is 107 cm³/mol. The van der Waals surface area contributed by atoms with Crippen molar-refractivity contribution < 1.29 is 31.1 Å². The number of nitrogens with zero attached hydrogens (tertiary/aromatic N) is 1. The topological polar surface area (TPSA) is 111 Å². The number of halogens is 3. The minimum atomic E-state index is -4.45. The van der Waals surface area contributed by atoms with E-state index in [0.717, 1.165) is 12.1 Å². The first kappa shape index (κ1) is 22.2. The summed E-state index contributed by atoms with van der Waals surface area (Å²) in [4.78, 5) is 16.2. The molecule has 162 valence electrons. The molecule has 0 spiro atoms. The van der Waals surface area contributed by atoms with Crippen LogP contribution in [0.2, 0.25) is 0 Å². The Bertz CT molecular complexity index is 1180. The first-order valence-electron chi connectivity index (χ1n) is 8.72. The molecule has 1 aromatic heterocycles. The highest BCUT2D eigenvalue weighted by molar-refractivity contribution is 7.89. The van der Waals surface area contributed by atoms with Gasteiger partial charge in [-0.2, -0.15) is 13.2 Å². The van der Waals surface area contributed by atoms with Gasteiger partial charge in [0, 0.05) is 17.4 Å². The Hall–Kier alpha value is -3.44. The van der Waals surface area contributed by atoms with Crippen molar-refractivity contribution >= 4 is 21.6 Å². The van der Waals surface area contributed by atoms with E-state index in [2.05, 4.69) is 10.3 Å². The second-order valence-corrected chi connectivity index (χ2v) is 7.89. The van der Waals surface area contributed by atoms with Crippen molar-refractivity contribution in [3.8, 4) is 17.0 Å². The Morgan fingerprint density at radius 3 is 2.26 bits per heavy atom. The number of carbonyl (C=O) groups excluding carboxylic acids is 1. The molecule has 0 radical (unpaired) electrons. The normalized spacial score (nSPS) is 11.7. The van der Waals surface area contributed by atoms with Crippen molar-refractivity contribution in [3.63, 3.8) is 0 Å². The number of anilines is 1. The second-order valence-electron chi connectivity index (χ2n) is 6.33. The number of alkyl halides is 3. The van der Waals surface area contributed by atoms with E-state index in [1.54, 1.807) is 6.07 Å². The molecule has 0 saturated heterocycles. The number of primary sulfonamides is 1. The third kappa shape index (κ3) is 5.80. The minimum Gasteiger partial charge on any atom is -0.481 e. The number of rotatable bonds is 6. The van der Waals surface area contributed by atoms with E-state index in [1.165, 1.54) is 48.7 Å². The van der Waals surface area contributed by atoms with Crippen molar-refractivity contribution in [2.75, 3.05) is 11.9 Å². The van der Waals surface area contributed by atoms with Crippen LogP contribution < -0.4 is 15.2 Å². The Morgan fingerprint density at radius 1 is 1.03 bits per heavy atom. The lowest BCUT2D eigenvalue weighted by atomic mass is 10.1. The Balaban J connectivity index is 1.68. The summed E-state index contributed by atoms with van der Waals surface area (Å²) in [6.45, 7) is -0.406. The zero-order valence-corrected chi connectivity index (χ0v) is 16.6.